The molecule has 6 heteroatoms. The molecule has 114 valence electrons. The van der Waals surface area contributed by atoms with Crippen molar-refractivity contribution >= 4 is 21.9 Å². The minimum absolute atomic E-state index is 0.298. The number of imidazole rings is 1. The summed E-state index contributed by atoms with van der Waals surface area (Å²) in [7, 11) is 1.60. The molecule has 0 amide bonds. The zero-order valence-electron chi connectivity index (χ0n) is 12.4. The number of fused-ring (bicyclic) bond motifs is 3. The third kappa shape index (κ3) is 2.48. The number of halogens is 1. The number of rotatable bonds is 3. The number of hydrogen-bond donors (Lipinski definition) is 1. The molecule has 0 fully saturated rings. The monoisotopic (exact) mass is 308 g/mol. The third-order valence-corrected chi connectivity index (χ3v) is 3.71. The van der Waals surface area contributed by atoms with E-state index < -0.39 is 0 Å². The van der Waals surface area contributed by atoms with E-state index in [1.54, 1.807) is 25.6 Å². The van der Waals surface area contributed by atoms with Crippen molar-refractivity contribution in [2.45, 2.75) is 6.42 Å². The van der Waals surface area contributed by atoms with E-state index in [1.807, 2.05) is 12.1 Å². The third-order valence-electron chi connectivity index (χ3n) is 3.71. The molecular formula is C17H13FN4O. The Kier molecular flexibility index (Phi) is 3.15. The van der Waals surface area contributed by atoms with Crippen LogP contribution in [0.3, 0.4) is 0 Å². The molecule has 0 saturated carbocycles. The van der Waals surface area contributed by atoms with Crippen LogP contribution in [-0.2, 0) is 6.42 Å². The van der Waals surface area contributed by atoms with Crippen molar-refractivity contribution in [3.05, 3.63) is 60.1 Å². The van der Waals surface area contributed by atoms with Gasteiger partial charge in [0, 0.05) is 17.5 Å². The fourth-order valence-electron chi connectivity index (χ4n) is 2.57. The van der Waals surface area contributed by atoms with Crippen LogP contribution < -0.4 is 4.74 Å². The number of aromatic amines is 1. The van der Waals surface area contributed by atoms with Gasteiger partial charge in [-0.25, -0.2) is 9.37 Å². The SMILES string of the molecule is COc1ccc(Cc2nc3c(cnc4ccc(F)cc43)[nH]2)nc1. The largest absolute Gasteiger partial charge is 0.495 e. The lowest BCUT2D eigenvalue weighted by atomic mass is 10.2. The Balaban J connectivity index is 1.75. The van der Waals surface area contributed by atoms with Gasteiger partial charge in [-0.15, -0.1) is 0 Å². The number of methoxy groups -OCH3 is 1. The maximum atomic E-state index is 13.5. The van der Waals surface area contributed by atoms with Crippen LogP contribution in [0, 0.1) is 5.82 Å². The van der Waals surface area contributed by atoms with E-state index in [4.69, 9.17) is 4.74 Å². The van der Waals surface area contributed by atoms with Crippen LogP contribution in [0.4, 0.5) is 4.39 Å². The molecular weight excluding hydrogens is 295 g/mol. The lowest BCUT2D eigenvalue weighted by Crippen LogP contribution is -1.94. The molecule has 5 nitrogen and oxygen atoms in total. The summed E-state index contributed by atoms with van der Waals surface area (Å²) < 4.78 is 18.6. The maximum Gasteiger partial charge on any atom is 0.137 e. The van der Waals surface area contributed by atoms with Crippen LogP contribution in [0.25, 0.3) is 21.9 Å². The van der Waals surface area contributed by atoms with Crippen LogP contribution in [0.2, 0.25) is 0 Å². The summed E-state index contributed by atoms with van der Waals surface area (Å²) in [5, 5.41) is 0.702. The van der Waals surface area contributed by atoms with E-state index in [0.717, 1.165) is 28.1 Å². The Morgan fingerprint density at radius 3 is 2.83 bits per heavy atom. The van der Waals surface area contributed by atoms with Crippen LogP contribution in [0.15, 0.2) is 42.7 Å². The molecule has 0 radical (unpaired) electrons. The topological polar surface area (TPSA) is 63.7 Å². The molecule has 3 aromatic heterocycles. The summed E-state index contributed by atoms with van der Waals surface area (Å²) in [4.78, 5) is 16.5. The second-order valence-electron chi connectivity index (χ2n) is 5.23. The van der Waals surface area contributed by atoms with Crippen molar-refractivity contribution in [3.8, 4) is 5.75 Å². The van der Waals surface area contributed by atoms with Crippen LogP contribution in [0.1, 0.15) is 11.5 Å². The van der Waals surface area contributed by atoms with E-state index in [9.17, 15) is 4.39 Å². The quantitative estimate of drug-likeness (QED) is 0.631. The molecule has 0 aliphatic carbocycles. The second kappa shape index (κ2) is 5.31. The van der Waals surface area contributed by atoms with E-state index in [0.29, 0.717) is 17.6 Å². The molecule has 0 atom stereocenters. The predicted molar refractivity (Wildman–Crippen MR) is 84.9 cm³/mol. The summed E-state index contributed by atoms with van der Waals surface area (Å²) >= 11 is 0. The number of nitrogens with one attached hydrogen (secondary N) is 1. The van der Waals surface area contributed by atoms with Crippen LogP contribution in [0.5, 0.6) is 5.75 Å². The van der Waals surface area contributed by atoms with Crippen LogP contribution in [-0.4, -0.2) is 27.0 Å². The van der Waals surface area contributed by atoms with E-state index in [1.165, 1.54) is 12.1 Å². The number of H-pyrrole nitrogens is 1. The average molecular weight is 308 g/mol. The Hall–Kier alpha value is -3.02. The highest BCUT2D eigenvalue weighted by Crippen LogP contribution is 2.23. The first-order chi connectivity index (χ1) is 11.2. The van der Waals surface area contributed by atoms with Gasteiger partial charge in [0.1, 0.15) is 17.4 Å². The predicted octanol–water partition coefficient (Wildman–Crippen LogP) is 3.24. The van der Waals surface area contributed by atoms with Crippen molar-refractivity contribution in [1.82, 2.24) is 19.9 Å². The number of ether oxygens (including phenoxy) is 1. The molecule has 4 aromatic rings. The molecule has 1 aromatic carbocycles. The minimum Gasteiger partial charge on any atom is -0.495 e. The van der Waals surface area contributed by atoms with Gasteiger partial charge in [0.15, 0.2) is 0 Å². The Morgan fingerprint density at radius 1 is 1.13 bits per heavy atom. The molecule has 0 saturated heterocycles. The molecule has 0 aliphatic rings. The molecule has 3 heterocycles. The maximum absolute atomic E-state index is 13.5. The lowest BCUT2D eigenvalue weighted by Gasteiger charge is -2.00. The van der Waals surface area contributed by atoms with Gasteiger partial charge in [-0.05, 0) is 30.3 Å². The Bertz CT molecular complexity index is 995. The highest BCUT2D eigenvalue weighted by molar-refractivity contribution is 6.01. The first-order valence-corrected chi connectivity index (χ1v) is 7.15. The molecule has 0 unspecified atom stereocenters. The number of aromatic nitrogens is 4. The average Bonchev–Trinajstić information content (AvgIpc) is 2.98. The first kappa shape index (κ1) is 13.6. The summed E-state index contributed by atoms with van der Waals surface area (Å²) in [5.74, 6) is 1.17. The lowest BCUT2D eigenvalue weighted by molar-refractivity contribution is 0.412. The molecule has 0 spiro atoms. The standard InChI is InChI=1S/C17H13FN4O/c1-23-12-4-3-11(19-8-12)7-16-21-15-9-20-14-5-2-10(18)6-13(14)17(15)22-16/h2-6,8-9H,7H2,1H3,(H,21,22). The van der Waals surface area contributed by atoms with Gasteiger partial charge in [-0.2, -0.15) is 0 Å². The van der Waals surface area contributed by atoms with E-state index >= 15 is 0 Å². The molecule has 1 N–H and O–H groups in total. The van der Waals surface area contributed by atoms with Gasteiger partial charge in [-0.1, -0.05) is 0 Å². The van der Waals surface area contributed by atoms with Gasteiger partial charge >= 0.3 is 0 Å². The molecule has 0 bridgehead atoms. The van der Waals surface area contributed by atoms with Crippen molar-refractivity contribution in [3.63, 3.8) is 0 Å². The number of pyridine rings is 2. The van der Waals surface area contributed by atoms with Gasteiger partial charge in [0.25, 0.3) is 0 Å². The van der Waals surface area contributed by atoms with E-state index in [-0.39, 0.29) is 5.82 Å². The fraction of sp³-hybridized carbons (Fsp3) is 0.118. The van der Waals surface area contributed by atoms with Crippen molar-refractivity contribution in [2.24, 2.45) is 0 Å². The van der Waals surface area contributed by atoms with Gasteiger partial charge in [0.2, 0.25) is 0 Å². The van der Waals surface area contributed by atoms with Gasteiger partial charge in [-0.3, -0.25) is 9.97 Å². The fourth-order valence-corrected chi connectivity index (χ4v) is 2.57. The Labute approximate surface area is 131 Å². The number of nitrogens with zero attached hydrogens (tertiary/aromatic N) is 3. The normalized spacial score (nSPS) is 11.2. The molecule has 4 rings (SSSR count). The van der Waals surface area contributed by atoms with Gasteiger partial charge < -0.3 is 9.72 Å². The van der Waals surface area contributed by atoms with Crippen molar-refractivity contribution < 1.29 is 9.13 Å². The van der Waals surface area contributed by atoms with Gasteiger partial charge in [0.05, 0.1) is 36.1 Å². The zero-order chi connectivity index (χ0) is 15.8. The van der Waals surface area contributed by atoms with Crippen LogP contribution >= 0.6 is 0 Å². The summed E-state index contributed by atoms with van der Waals surface area (Å²) in [6.45, 7) is 0. The molecule has 23 heavy (non-hydrogen) atoms. The zero-order valence-corrected chi connectivity index (χ0v) is 12.4. The summed E-state index contributed by atoms with van der Waals surface area (Å²) in [6.07, 6.45) is 3.94. The molecule has 0 aliphatic heterocycles. The minimum atomic E-state index is -0.298. The van der Waals surface area contributed by atoms with E-state index in [2.05, 4.69) is 19.9 Å². The number of benzene rings is 1. The second-order valence-corrected chi connectivity index (χ2v) is 5.23. The highest BCUT2D eigenvalue weighted by Gasteiger charge is 2.09. The highest BCUT2D eigenvalue weighted by atomic mass is 19.1. The van der Waals surface area contributed by atoms with Crippen molar-refractivity contribution in [1.29, 1.82) is 0 Å². The summed E-state index contributed by atoms with van der Waals surface area (Å²) in [5.41, 5.74) is 3.09. The Morgan fingerprint density at radius 2 is 2.04 bits per heavy atom. The first-order valence-electron chi connectivity index (χ1n) is 7.15. The smallest absolute Gasteiger partial charge is 0.137 e. The summed E-state index contributed by atoms with van der Waals surface area (Å²) in [6, 6.07) is 8.26. The van der Waals surface area contributed by atoms with Crippen molar-refractivity contribution in [2.75, 3.05) is 7.11 Å². The number of hydrogen-bond acceptors (Lipinski definition) is 4.